The van der Waals surface area contributed by atoms with Gasteiger partial charge in [0.25, 0.3) is 5.69 Å². The van der Waals surface area contributed by atoms with Crippen LogP contribution in [0.3, 0.4) is 0 Å². The monoisotopic (exact) mass is 287 g/mol. The number of Topliss-reactive ketones (excluding diaryl/α,β-unsaturated/α-hetero) is 1. The van der Waals surface area contributed by atoms with E-state index in [9.17, 15) is 14.9 Å². The zero-order chi connectivity index (χ0) is 14.7. The fraction of sp³-hybridized carbons (Fsp3) is 0.562. The highest BCUT2D eigenvalue weighted by molar-refractivity contribution is 5.90. The number of non-ortho nitro benzene ring substituents is 1. The lowest BCUT2D eigenvalue weighted by molar-refractivity contribution is -0.384. The van der Waals surface area contributed by atoms with Crippen molar-refractivity contribution in [1.82, 2.24) is 0 Å². The number of nitro benzene ring substituents is 1. The van der Waals surface area contributed by atoms with Gasteiger partial charge < -0.3 is 4.74 Å². The summed E-state index contributed by atoms with van der Waals surface area (Å²) in [5, 5.41) is 10.8. The van der Waals surface area contributed by atoms with Crippen molar-refractivity contribution in [3.8, 4) is 0 Å². The van der Waals surface area contributed by atoms with Gasteiger partial charge in [-0.25, -0.2) is 0 Å². The summed E-state index contributed by atoms with van der Waals surface area (Å²) in [5.74, 6) is 0.593. The van der Waals surface area contributed by atoms with Gasteiger partial charge in [-0.05, 0) is 49.3 Å². The molecular formula is C16H17NO4. The van der Waals surface area contributed by atoms with E-state index >= 15 is 0 Å². The van der Waals surface area contributed by atoms with Crippen molar-refractivity contribution in [2.75, 3.05) is 0 Å². The van der Waals surface area contributed by atoms with Gasteiger partial charge in [-0.15, -0.1) is 0 Å². The molecule has 1 saturated carbocycles. The van der Waals surface area contributed by atoms with Crippen molar-refractivity contribution in [3.63, 3.8) is 0 Å². The number of ether oxygens (including phenoxy) is 1. The first-order valence-corrected chi connectivity index (χ1v) is 7.54. The minimum absolute atomic E-state index is 0.0475. The van der Waals surface area contributed by atoms with Gasteiger partial charge in [-0.3, -0.25) is 14.9 Å². The van der Waals surface area contributed by atoms with E-state index in [4.69, 9.17) is 4.74 Å². The maximum absolute atomic E-state index is 12.6. The van der Waals surface area contributed by atoms with E-state index in [0.29, 0.717) is 12.3 Å². The molecule has 5 heteroatoms. The number of carbonyl (C=O) groups excluding carboxylic acids is 1. The highest BCUT2D eigenvalue weighted by Crippen LogP contribution is 2.60. The molecule has 1 aromatic carbocycles. The van der Waals surface area contributed by atoms with E-state index < -0.39 is 10.5 Å². The largest absolute Gasteiger partial charge is 0.356 e. The lowest BCUT2D eigenvalue weighted by Gasteiger charge is -2.38. The third kappa shape index (κ3) is 1.64. The van der Waals surface area contributed by atoms with Crippen LogP contribution >= 0.6 is 0 Å². The molecule has 0 unspecified atom stereocenters. The summed E-state index contributed by atoms with van der Waals surface area (Å²) in [6.45, 7) is 0. The van der Waals surface area contributed by atoms with Gasteiger partial charge in [0, 0.05) is 18.6 Å². The smallest absolute Gasteiger partial charge is 0.269 e. The van der Waals surface area contributed by atoms with Gasteiger partial charge in [0.05, 0.1) is 10.5 Å². The summed E-state index contributed by atoms with van der Waals surface area (Å²) in [5.41, 5.74) is -0.133. The second-order valence-electron chi connectivity index (χ2n) is 6.51. The topological polar surface area (TPSA) is 69.4 Å². The predicted octanol–water partition coefficient (Wildman–Crippen LogP) is 3.11. The average Bonchev–Trinajstić information content (AvgIpc) is 2.96. The Hall–Kier alpha value is -1.75. The second-order valence-corrected chi connectivity index (χ2v) is 6.51. The molecule has 3 fully saturated rings. The molecule has 1 aliphatic carbocycles. The lowest BCUT2D eigenvalue weighted by atomic mass is 9.83. The first kappa shape index (κ1) is 13.0. The van der Waals surface area contributed by atoms with Gasteiger partial charge in [-0.1, -0.05) is 6.42 Å². The Bertz CT molecular complexity index is 626. The molecule has 2 saturated heterocycles. The first-order valence-electron chi connectivity index (χ1n) is 7.54. The van der Waals surface area contributed by atoms with Crippen LogP contribution in [0.1, 0.15) is 44.1 Å². The molecule has 2 bridgehead atoms. The number of nitro groups is 1. The molecule has 1 spiro atoms. The Labute approximate surface area is 122 Å². The van der Waals surface area contributed by atoms with Crippen LogP contribution < -0.4 is 0 Å². The van der Waals surface area contributed by atoms with Gasteiger partial charge in [0.1, 0.15) is 0 Å². The maximum Gasteiger partial charge on any atom is 0.269 e. The summed E-state index contributed by atoms with van der Waals surface area (Å²) >= 11 is 0. The zero-order valence-electron chi connectivity index (χ0n) is 11.7. The minimum Gasteiger partial charge on any atom is -0.356 e. The van der Waals surface area contributed by atoms with E-state index in [1.165, 1.54) is 18.6 Å². The molecule has 0 radical (unpaired) electrons. The molecule has 2 heterocycles. The number of rotatable bonds is 2. The van der Waals surface area contributed by atoms with Gasteiger partial charge in [0.2, 0.25) is 0 Å². The summed E-state index contributed by atoms with van der Waals surface area (Å²) in [4.78, 5) is 22.9. The van der Waals surface area contributed by atoms with Crippen molar-refractivity contribution in [2.45, 2.75) is 49.7 Å². The predicted molar refractivity (Wildman–Crippen MR) is 74.8 cm³/mol. The average molecular weight is 287 g/mol. The maximum atomic E-state index is 12.6. The van der Waals surface area contributed by atoms with E-state index in [1.54, 1.807) is 12.1 Å². The molecule has 5 nitrogen and oxygen atoms in total. The fourth-order valence-corrected chi connectivity index (χ4v) is 4.54. The van der Waals surface area contributed by atoms with Crippen LogP contribution in [0.25, 0.3) is 0 Å². The number of fused-ring (bicyclic) bond motifs is 1. The number of hydrogen-bond acceptors (Lipinski definition) is 4. The van der Waals surface area contributed by atoms with Gasteiger partial charge in [0.15, 0.2) is 11.4 Å². The van der Waals surface area contributed by atoms with Gasteiger partial charge >= 0.3 is 0 Å². The minimum atomic E-state index is -0.849. The van der Waals surface area contributed by atoms with Crippen LogP contribution in [0.4, 0.5) is 5.69 Å². The number of hydrogen-bond donors (Lipinski definition) is 0. The highest BCUT2D eigenvalue weighted by atomic mass is 16.6. The standard InChI is InChI=1S/C16H17NO4/c18-14-7-9-15-8-1-2-12(15)10-16(14,21-15)11-3-5-13(6-4-11)17(19)20/h3-6,12H,1-2,7-10H2/t12-,15+,16-/m0/s1. The van der Waals surface area contributed by atoms with E-state index in [1.807, 2.05) is 0 Å². The molecule has 3 aliphatic rings. The second kappa shape index (κ2) is 4.13. The Morgan fingerprint density at radius 2 is 2.00 bits per heavy atom. The Morgan fingerprint density at radius 1 is 1.24 bits per heavy atom. The Balaban J connectivity index is 1.75. The summed E-state index contributed by atoms with van der Waals surface area (Å²) in [6.07, 6.45) is 5.49. The van der Waals surface area contributed by atoms with Crippen LogP contribution in [-0.4, -0.2) is 16.3 Å². The van der Waals surface area contributed by atoms with Crippen molar-refractivity contribution >= 4 is 11.5 Å². The van der Waals surface area contributed by atoms with Crippen LogP contribution in [-0.2, 0) is 15.1 Å². The number of ketones is 1. The summed E-state index contributed by atoms with van der Waals surface area (Å²) in [6, 6.07) is 6.32. The van der Waals surface area contributed by atoms with Crippen molar-refractivity contribution in [2.24, 2.45) is 5.92 Å². The Kier molecular flexibility index (Phi) is 2.55. The summed E-state index contributed by atoms with van der Waals surface area (Å²) in [7, 11) is 0. The molecule has 2 aliphatic heterocycles. The first-order chi connectivity index (χ1) is 10.1. The fourth-order valence-electron chi connectivity index (χ4n) is 4.54. The third-order valence-electron chi connectivity index (χ3n) is 5.58. The highest BCUT2D eigenvalue weighted by Gasteiger charge is 2.63. The van der Waals surface area contributed by atoms with Gasteiger partial charge in [-0.2, -0.15) is 0 Å². The molecule has 4 rings (SSSR count). The molecule has 21 heavy (non-hydrogen) atoms. The van der Waals surface area contributed by atoms with Crippen LogP contribution in [0.15, 0.2) is 24.3 Å². The molecule has 1 aromatic rings. The van der Waals surface area contributed by atoms with E-state index in [-0.39, 0.29) is 17.1 Å². The SMILES string of the molecule is O=C1CC[C@]23CCC[C@H]2C[C@@]1(c1ccc([N+](=O)[O-])cc1)O3. The van der Waals surface area contributed by atoms with Crippen molar-refractivity contribution in [1.29, 1.82) is 0 Å². The Morgan fingerprint density at radius 3 is 2.71 bits per heavy atom. The van der Waals surface area contributed by atoms with Crippen molar-refractivity contribution in [3.05, 3.63) is 39.9 Å². The molecule has 110 valence electrons. The number of carbonyl (C=O) groups is 1. The quantitative estimate of drug-likeness (QED) is 0.619. The third-order valence-corrected chi connectivity index (χ3v) is 5.58. The zero-order valence-corrected chi connectivity index (χ0v) is 11.7. The van der Waals surface area contributed by atoms with Crippen molar-refractivity contribution < 1.29 is 14.5 Å². The summed E-state index contributed by atoms with van der Waals surface area (Å²) < 4.78 is 6.38. The molecule has 0 aromatic heterocycles. The molecule has 0 amide bonds. The number of nitrogens with zero attached hydrogens (tertiary/aromatic N) is 1. The van der Waals surface area contributed by atoms with Crippen LogP contribution in [0.2, 0.25) is 0 Å². The molecule has 3 atom stereocenters. The molecule has 0 N–H and O–H groups in total. The van der Waals surface area contributed by atoms with Crippen LogP contribution in [0.5, 0.6) is 0 Å². The van der Waals surface area contributed by atoms with E-state index in [2.05, 4.69) is 0 Å². The van der Waals surface area contributed by atoms with E-state index in [0.717, 1.165) is 31.2 Å². The lowest BCUT2D eigenvalue weighted by Crippen LogP contribution is -2.45. The number of benzene rings is 1. The van der Waals surface area contributed by atoms with Crippen LogP contribution in [0, 0.1) is 16.0 Å². The normalized spacial score (nSPS) is 37.5. The molecular weight excluding hydrogens is 270 g/mol.